The first-order valence-electron chi connectivity index (χ1n) is 7.69. The number of amides is 1. The van der Waals surface area contributed by atoms with Crippen molar-refractivity contribution in [1.82, 2.24) is 14.6 Å². The van der Waals surface area contributed by atoms with Gasteiger partial charge in [0.15, 0.2) is 0 Å². The van der Waals surface area contributed by atoms with Gasteiger partial charge in [-0.1, -0.05) is 0 Å². The van der Waals surface area contributed by atoms with Crippen LogP contribution in [0, 0.1) is 0 Å². The second kappa shape index (κ2) is 8.51. The number of methoxy groups -OCH3 is 1. The fourth-order valence-corrected chi connectivity index (χ4v) is 2.15. The molecule has 1 aromatic heterocycles. The Morgan fingerprint density at radius 1 is 1.07 bits per heavy atom. The average molecular weight is 425 g/mol. The van der Waals surface area contributed by atoms with Crippen LogP contribution in [-0.4, -0.2) is 40.3 Å². The first-order chi connectivity index (χ1) is 13.4. The molecule has 0 bridgehead atoms. The largest absolute Gasteiger partial charge is 0.443 e. The van der Waals surface area contributed by atoms with E-state index in [2.05, 4.69) is 9.72 Å². The number of rotatable bonds is 4. The molecule has 0 atom stereocenters. The van der Waals surface area contributed by atoms with Gasteiger partial charge < -0.3 is 9.57 Å². The zero-order valence-electron chi connectivity index (χ0n) is 14.6. The zero-order chi connectivity index (χ0) is 21.8. The van der Waals surface area contributed by atoms with E-state index in [9.17, 15) is 35.9 Å². The Balaban J connectivity index is 2.38. The minimum absolute atomic E-state index is 0.0533. The molecule has 1 amide bonds. The van der Waals surface area contributed by atoms with Crippen LogP contribution in [0.2, 0.25) is 0 Å². The van der Waals surface area contributed by atoms with Gasteiger partial charge in [-0.25, -0.2) is 14.3 Å². The molecule has 158 valence electrons. The second-order valence-corrected chi connectivity index (χ2v) is 5.60. The van der Waals surface area contributed by atoms with Gasteiger partial charge in [0.1, 0.15) is 12.9 Å². The molecule has 0 saturated carbocycles. The summed E-state index contributed by atoms with van der Waals surface area (Å²) in [5.41, 5.74) is -3.69. The number of ether oxygens (including phenoxy) is 1. The highest BCUT2D eigenvalue weighted by Crippen LogP contribution is 2.36. The number of aromatic nitrogens is 2. The molecule has 2 rings (SSSR count). The summed E-state index contributed by atoms with van der Waals surface area (Å²) in [6.07, 6.45) is -7.89. The van der Waals surface area contributed by atoms with Crippen LogP contribution >= 0.6 is 0 Å². The topological polar surface area (TPSA) is 73.7 Å². The Hall–Kier alpha value is -3.09. The van der Waals surface area contributed by atoms with Crippen LogP contribution in [0.5, 0.6) is 0 Å². The molecule has 0 fully saturated rings. The van der Waals surface area contributed by atoms with Crippen LogP contribution in [0.4, 0.5) is 31.1 Å². The third kappa shape index (κ3) is 5.94. The number of hydroxylamine groups is 2. The minimum atomic E-state index is -5.06. The molecular formula is C16H13F6N3O4. The lowest BCUT2D eigenvalue weighted by molar-refractivity contribution is -0.172. The Kier molecular flexibility index (Phi) is 6.51. The fourth-order valence-electron chi connectivity index (χ4n) is 2.15. The SMILES string of the molecule is COCC(=O)N(Cc1cc(C(F)(F)F)cc(C(F)(F)F)c1)OC(=O)n1ccnc1. The molecule has 1 heterocycles. The van der Waals surface area contributed by atoms with E-state index in [1.54, 1.807) is 0 Å². The summed E-state index contributed by atoms with van der Waals surface area (Å²) < 4.78 is 83.3. The number of imidazole rings is 1. The van der Waals surface area contributed by atoms with E-state index >= 15 is 0 Å². The van der Waals surface area contributed by atoms with Crippen LogP contribution in [0.1, 0.15) is 16.7 Å². The van der Waals surface area contributed by atoms with E-state index < -0.39 is 54.2 Å². The second-order valence-electron chi connectivity index (χ2n) is 5.60. The van der Waals surface area contributed by atoms with Crippen molar-refractivity contribution in [2.75, 3.05) is 13.7 Å². The maximum atomic E-state index is 13.0. The summed E-state index contributed by atoms with van der Waals surface area (Å²) in [6, 6.07) is 0.795. The van der Waals surface area contributed by atoms with Gasteiger partial charge in [0.05, 0.1) is 17.7 Å². The molecule has 0 aliphatic heterocycles. The number of hydrogen-bond acceptors (Lipinski definition) is 5. The third-order valence-corrected chi connectivity index (χ3v) is 3.42. The molecule has 0 aliphatic carbocycles. The Morgan fingerprint density at radius 3 is 2.10 bits per heavy atom. The summed E-state index contributed by atoms with van der Waals surface area (Å²) in [5, 5.41) is 0.307. The monoisotopic (exact) mass is 425 g/mol. The van der Waals surface area contributed by atoms with Crippen LogP contribution in [0.25, 0.3) is 0 Å². The fraction of sp³-hybridized carbons (Fsp3) is 0.312. The smallest absolute Gasteiger partial charge is 0.375 e. The van der Waals surface area contributed by atoms with Crippen molar-refractivity contribution in [1.29, 1.82) is 0 Å². The van der Waals surface area contributed by atoms with Crippen molar-refractivity contribution >= 4 is 12.0 Å². The molecule has 0 aliphatic rings. The van der Waals surface area contributed by atoms with Gasteiger partial charge in [0.25, 0.3) is 5.91 Å². The standard InChI is InChI=1S/C16H13F6N3O4/c1-28-8-13(26)25(29-14(27)24-3-2-23-9-24)7-10-4-11(15(17,18)19)6-12(5-10)16(20,21)22/h2-6,9H,7-8H2,1H3. The molecule has 1 aromatic carbocycles. The lowest BCUT2D eigenvalue weighted by Crippen LogP contribution is -2.36. The average Bonchev–Trinajstić information content (AvgIpc) is 3.14. The van der Waals surface area contributed by atoms with Crippen LogP contribution < -0.4 is 0 Å². The van der Waals surface area contributed by atoms with Crippen LogP contribution in [0.15, 0.2) is 36.9 Å². The molecule has 7 nitrogen and oxygen atoms in total. The third-order valence-electron chi connectivity index (χ3n) is 3.42. The maximum absolute atomic E-state index is 13.0. The lowest BCUT2D eigenvalue weighted by atomic mass is 10.0. The number of carbonyl (C=O) groups excluding carboxylic acids is 2. The highest BCUT2D eigenvalue weighted by molar-refractivity contribution is 5.79. The predicted molar refractivity (Wildman–Crippen MR) is 83.0 cm³/mol. The number of benzene rings is 1. The van der Waals surface area contributed by atoms with Crippen molar-refractivity contribution in [3.8, 4) is 0 Å². The number of carbonyl (C=O) groups is 2. The molecular weight excluding hydrogens is 412 g/mol. The first kappa shape index (κ1) is 22.2. The molecule has 2 aromatic rings. The normalized spacial score (nSPS) is 12.0. The molecule has 0 radical (unpaired) electrons. The van der Waals surface area contributed by atoms with Gasteiger partial charge in [-0.3, -0.25) is 4.79 Å². The van der Waals surface area contributed by atoms with Crippen molar-refractivity contribution in [3.63, 3.8) is 0 Å². The van der Waals surface area contributed by atoms with Gasteiger partial charge in [0, 0.05) is 19.5 Å². The number of halogens is 6. The zero-order valence-corrected chi connectivity index (χ0v) is 14.6. The number of nitrogens with zero attached hydrogens (tertiary/aromatic N) is 3. The van der Waals surface area contributed by atoms with E-state index in [0.717, 1.165) is 24.2 Å². The van der Waals surface area contributed by atoms with Crippen molar-refractivity contribution in [2.45, 2.75) is 18.9 Å². The van der Waals surface area contributed by atoms with E-state index in [0.29, 0.717) is 17.2 Å². The van der Waals surface area contributed by atoms with E-state index in [1.165, 1.54) is 6.20 Å². The Bertz CT molecular complexity index is 832. The highest BCUT2D eigenvalue weighted by Gasteiger charge is 2.37. The molecule has 29 heavy (non-hydrogen) atoms. The summed E-state index contributed by atoms with van der Waals surface area (Å²) >= 11 is 0. The number of hydrogen-bond donors (Lipinski definition) is 0. The lowest BCUT2D eigenvalue weighted by Gasteiger charge is -2.22. The number of alkyl halides is 6. The molecule has 0 unspecified atom stereocenters. The molecule has 0 N–H and O–H groups in total. The van der Waals surface area contributed by atoms with E-state index in [4.69, 9.17) is 4.84 Å². The summed E-state index contributed by atoms with van der Waals surface area (Å²) in [5.74, 6) is -1.01. The Labute approximate surface area is 159 Å². The molecule has 13 heteroatoms. The van der Waals surface area contributed by atoms with E-state index in [1.807, 2.05) is 0 Å². The van der Waals surface area contributed by atoms with Gasteiger partial charge in [-0.2, -0.15) is 31.4 Å². The minimum Gasteiger partial charge on any atom is -0.375 e. The Morgan fingerprint density at radius 2 is 1.66 bits per heavy atom. The molecule has 0 spiro atoms. The summed E-state index contributed by atoms with van der Waals surface area (Å²) in [6.45, 7) is -1.52. The van der Waals surface area contributed by atoms with Gasteiger partial charge in [0.2, 0.25) is 0 Å². The van der Waals surface area contributed by atoms with E-state index in [-0.39, 0.29) is 6.07 Å². The van der Waals surface area contributed by atoms with Gasteiger partial charge in [-0.05, 0) is 23.8 Å². The van der Waals surface area contributed by atoms with Gasteiger partial charge in [-0.15, -0.1) is 0 Å². The quantitative estimate of drug-likeness (QED) is 0.554. The summed E-state index contributed by atoms with van der Waals surface area (Å²) in [4.78, 5) is 32.4. The maximum Gasteiger partial charge on any atom is 0.443 e. The predicted octanol–water partition coefficient (Wildman–Crippen LogP) is 3.50. The molecule has 0 saturated heterocycles. The highest BCUT2D eigenvalue weighted by atomic mass is 19.4. The van der Waals surface area contributed by atoms with Crippen molar-refractivity contribution in [3.05, 3.63) is 53.6 Å². The summed E-state index contributed by atoms with van der Waals surface area (Å²) in [7, 11) is 1.12. The first-order valence-corrected chi connectivity index (χ1v) is 7.69. The van der Waals surface area contributed by atoms with Crippen LogP contribution in [0.3, 0.4) is 0 Å². The van der Waals surface area contributed by atoms with Crippen molar-refractivity contribution in [2.24, 2.45) is 0 Å². The van der Waals surface area contributed by atoms with Gasteiger partial charge >= 0.3 is 18.4 Å². The van der Waals surface area contributed by atoms with Crippen LogP contribution in [-0.2, 0) is 33.3 Å². The van der Waals surface area contributed by atoms with Crippen molar-refractivity contribution < 1.29 is 45.5 Å².